The van der Waals surface area contributed by atoms with Crippen LogP contribution in [0.25, 0.3) is 10.9 Å². The molecule has 0 atom stereocenters. The number of hydrogen-bond acceptors (Lipinski definition) is 2. The molecular weight excluding hydrogens is 387 g/mol. The van der Waals surface area contributed by atoms with E-state index in [9.17, 15) is 0 Å². The van der Waals surface area contributed by atoms with Gasteiger partial charge in [0.05, 0.1) is 6.21 Å². The Bertz CT molecular complexity index is 965. The van der Waals surface area contributed by atoms with E-state index < -0.39 is 0 Å². The lowest BCUT2D eigenvalue weighted by molar-refractivity contribution is 0.836. The average molecular weight is 405 g/mol. The average Bonchev–Trinajstić information content (AvgIpc) is 2.96. The van der Waals surface area contributed by atoms with E-state index in [-0.39, 0.29) is 0 Å². The van der Waals surface area contributed by atoms with E-state index in [2.05, 4.69) is 38.7 Å². The molecule has 0 fully saturated rings. The predicted molar refractivity (Wildman–Crippen MR) is 115 cm³/mol. The molecule has 0 bridgehead atoms. The third-order valence-corrected chi connectivity index (χ3v) is 4.70. The molecule has 0 unspecified atom stereocenters. The van der Waals surface area contributed by atoms with E-state index in [4.69, 9.17) is 35.4 Å². The fourth-order valence-corrected chi connectivity index (χ4v) is 3.37. The minimum atomic E-state index is 0.500. The van der Waals surface area contributed by atoms with Crippen LogP contribution >= 0.6 is 35.4 Å². The maximum atomic E-state index is 6.33. The summed E-state index contributed by atoms with van der Waals surface area (Å²) in [5, 5.41) is 10.1. The van der Waals surface area contributed by atoms with Crippen molar-refractivity contribution in [1.82, 2.24) is 15.3 Å². The highest BCUT2D eigenvalue weighted by Gasteiger charge is 2.09. The Hall–Kier alpha value is -2.08. The number of nitrogens with zero attached hydrogens (tertiary/aromatic N) is 2. The normalized spacial score (nSPS) is 11.2. The van der Waals surface area contributed by atoms with Gasteiger partial charge in [-0.3, -0.25) is 5.43 Å². The van der Waals surface area contributed by atoms with E-state index in [0.717, 1.165) is 28.6 Å². The van der Waals surface area contributed by atoms with E-state index in [1.165, 1.54) is 0 Å². The first kappa shape index (κ1) is 18.7. The Morgan fingerprint density at radius 3 is 2.81 bits per heavy atom. The molecule has 0 saturated heterocycles. The monoisotopic (exact) mass is 404 g/mol. The summed E-state index contributed by atoms with van der Waals surface area (Å²) in [4.78, 5) is 0. The van der Waals surface area contributed by atoms with Crippen LogP contribution in [0.4, 0.5) is 0 Å². The molecule has 0 spiro atoms. The largest absolute Gasteiger partial charge is 0.362 e. The number of para-hydroxylation sites is 1. The van der Waals surface area contributed by atoms with Crippen molar-refractivity contribution in [2.24, 2.45) is 5.10 Å². The molecule has 2 N–H and O–H groups in total. The fraction of sp³-hybridized carbons (Fsp3) is 0.158. The molecule has 0 amide bonds. The highest BCUT2D eigenvalue weighted by Crippen LogP contribution is 2.25. The summed E-state index contributed by atoms with van der Waals surface area (Å²) >= 11 is 17.4. The first-order valence-corrected chi connectivity index (χ1v) is 9.33. The molecule has 134 valence electrons. The van der Waals surface area contributed by atoms with Crippen LogP contribution in [0.3, 0.4) is 0 Å². The molecule has 0 saturated carbocycles. The molecular formula is C19H18Cl2N4S. The summed E-state index contributed by atoms with van der Waals surface area (Å²) in [6, 6.07) is 13.7. The topological polar surface area (TPSA) is 41.4 Å². The van der Waals surface area contributed by atoms with Crippen molar-refractivity contribution in [2.75, 3.05) is 6.54 Å². The third-order valence-electron chi connectivity index (χ3n) is 3.88. The molecule has 1 heterocycles. The lowest BCUT2D eigenvalue weighted by Gasteiger charge is -2.08. The first-order valence-electron chi connectivity index (χ1n) is 8.17. The summed E-state index contributed by atoms with van der Waals surface area (Å²) in [5.41, 5.74) is 5.93. The molecule has 7 heteroatoms. The molecule has 0 aliphatic carbocycles. The molecule has 1 aromatic heterocycles. The minimum Gasteiger partial charge on any atom is -0.362 e. The lowest BCUT2D eigenvalue weighted by atomic mass is 10.2. The van der Waals surface area contributed by atoms with E-state index in [1.807, 2.05) is 31.2 Å². The van der Waals surface area contributed by atoms with Crippen molar-refractivity contribution in [1.29, 1.82) is 0 Å². The predicted octanol–water partition coefficient (Wildman–Crippen LogP) is 4.81. The Balaban J connectivity index is 1.89. The van der Waals surface area contributed by atoms with Gasteiger partial charge in [0, 0.05) is 45.8 Å². The summed E-state index contributed by atoms with van der Waals surface area (Å²) in [6.07, 6.45) is 3.82. The van der Waals surface area contributed by atoms with Gasteiger partial charge < -0.3 is 9.88 Å². The van der Waals surface area contributed by atoms with Gasteiger partial charge in [-0.25, -0.2) is 0 Å². The van der Waals surface area contributed by atoms with Crippen molar-refractivity contribution in [2.45, 2.75) is 13.5 Å². The molecule has 0 aliphatic heterocycles. The number of benzene rings is 2. The molecule has 0 radical (unpaired) electrons. The van der Waals surface area contributed by atoms with Gasteiger partial charge in [-0.2, -0.15) is 5.10 Å². The number of hydrazone groups is 1. The zero-order valence-corrected chi connectivity index (χ0v) is 16.5. The maximum absolute atomic E-state index is 6.33. The molecule has 3 rings (SSSR count). The second kappa shape index (κ2) is 8.54. The molecule has 3 aromatic rings. The number of fused-ring (bicyclic) bond motifs is 1. The number of nitrogens with one attached hydrogen (secondary N) is 2. The van der Waals surface area contributed by atoms with Crippen LogP contribution in [0.1, 0.15) is 18.1 Å². The highest BCUT2D eigenvalue weighted by atomic mass is 35.5. The van der Waals surface area contributed by atoms with Crippen molar-refractivity contribution < 1.29 is 0 Å². The van der Waals surface area contributed by atoms with Crippen LogP contribution in [-0.2, 0) is 6.54 Å². The van der Waals surface area contributed by atoms with Crippen LogP contribution in [0.5, 0.6) is 0 Å². The number of hydrogen-bond donors (Lipinski definition) is 2. The van der Waals surface area contributed by atoms with Crippen molar-refractivity contribution >= 4 is 57.6 Å². The number of thiocarbonyl (C=S) groups is 1. The van der Waals surface area contributed by atoms with Crippen LogP contribution in [0.2, 0.25) is 10.0 Å². The fourth-order valence-electron chi connectivity index (χ4n) is 2.70. The molecule has 4 nitrogen and oxygen atoms in total. The van der Waals surface area contributed by atoms with Crippen molar-refractivity contribution in [3.8, 4) is 0 Å². The quantitative estimate of drug-likeness (QED) is 0.364. The van der Waals surface area contributed by atoms with Gasteiger partial charge in [-0.15, -0.1) is 0 Å². The van der Waals surface area contributed by atoms with Crippen molar-refractivity contribution in [3.63, 3.8) is 0 Å². The van der Waals surface area contributed by atoms with Gasteiger partial charge in [-0.05, 0) is 42.9 Å². The van der Waals surface area contributed by atoms with Crippen LogP contribution < -0.4 is 10.7 Å². The number of halogens is 2. The Labute approximate surface area is 167 Å². The van der Waals surface area contributed by atoms with E-state index in [1.54, 1.807) is 12.3 Å². The number of aromatic nitrogens is 1. The van der Waals surface area contributed by atoms with Gasteiger partial charge in [0.15, 0.2) is 5.11 Å². The van der Waals surface area contributed by atoms with Crippen LogP contribution in [0, 0.1) is 0 Å². The maximum Gasteiger partial charge on any atom is 0.186 e. The third kappa shape index (κ3) is 4.36. The summed E-state index contributed by atoms with van der Waals surface area (Å²) in [5.74, 6) is 0. The van der Waals surface area contributed by atoms with Crippen molar-refractivity contribution in [3.05, 3.63) is 69.8 Å². The van der Waals surface area contributed by atoms with E-state index >= 15 is 0 Å². The Kier molecular flexibility index (Phi) is 6.14. The summed E-state index contributed by atoms with van der Waals surface area (Å²) in [6.45, 7) is 3.38. The Morgan fingerprint density at radius 1 is 1.23 bits per heavy atom. The zero-order chi connectivity index (χ0) is 18.5. The standard InChI is InChI=1S/C19H18Cl2N4S/c1-2-22-19(26)24-23-10-14-12-25(18-6-4-3-5-16(14)18)11-13-7-8-15(20)9-17(13)21/h3-10,12H,2,11H2,1H3,(H2,22,24,26)/b23-10-. The zero-order valence-electron chi connectivity index (χ0n) is 14.2. The highest BCUT2D eigenvalue weighted by molar-refractivity contribution is 7.80. The van der Waals surface area contributed by atoms with Gasteiger partial charge in [0.1, 0.15) is 0 Å². The molecule has 0 aliphatic rings. The second-order valence-electron chi connectivity index (χ2n) is 5.69. The molecule has 26 heavy (non-hydrogen) atoms. The van der Waals surface area contributed by atoms with Crippen LogP contribution in [-0.4, -0.2) is 22.4 Å². The lowest BCUT2D eigenvalue weighted by Crippen LogP contribution is -2.31. The Morgan fingerprint density at radius 2 is 2.04 bits per heavy atom. The van der Waals surface area contributed by atoms with Crippen LogP contribution in [0.15, 0.2) is 53.8 Å². The number of rotatable bonds is 5. The first-order chi connectivity index (χ1) is 12.6. The minimum absolute atomic E-state index is 0.500. The van der Waals surface area contributed by atoms with E-state index in [0.29, 0.717) is 21.7 Å². The SMILES string of the molecule is CCNC(=S)N/N=C\c1cn(Cc2ccc(Cl)cc2Cl)c2ccccc12. The van der Waals surface area contributed by atoms with Gasteiger partial charge in [0.2, 0.25) is 0 Å². The summed E-state index contributed by atoms with van der Waals surface area (Å²) < 4.78 is 2.15. The van der Waals surface area contributed by atoms with Gasteiger partial charge >= 0.3 is 0 Å². The summed E-state index contributed by atoms with van der Waals surface area (Å²) in [7, 11) is 0. The molecule has 2 aromatic carbocycles. The van der Waals surface area contributed by atoms with Gasteiger partial charge in [-0.1, -0.05) is 47.5 Å². The smallest absolute Gasteiger partial charge is 0.186 e. The van der Waals surface area contributed by atoms with Gasteiger partial charge in [0.25, 0.3) is 0 Å². The second-order valence-corrected chi connectivity index (χ2v) is 6.95.